The van der Waals surface area contributed by atoms with E-state index in [0.29, 0.717) is 6.04 Å². The lowest BCUT2D eigenvalue weighted by atomic mass is 10.3. The summed E-state index contributed by atoms with van der Waals surface area (Å²) in [5.41, 5.74) is 2.96. The molecule has 0 aromatic rings. The molecular weight excluding hydrogens is 134 g/mol. The molecule has 1 aliphatic rings. The Morgan fingerprint density at radius 1 is 1.78 bits per heavy atom. The monoisotopic (exact) mass is 145 g/mol. The highest BCUT2D eigenvalue weighted by Crippen LogP contribution is 1.90. The van der Waals surface area contributed by atoms with Gasteiger partial charge in [0, 0.05) is 19.6 Å². The van der Waals surface area contributed by atoms with Crippen LogP contribution >= 0.6 is 12.2 Å². The van der Waals surface area contributed by atoms with Gasteiger partial charge in [-0.05, 0) is 19.1 Å². The zero-order chi connectivity index (χ0) is 6.85. The molecule has 0 amide bonds. The van der Waals surface area contributed by atoms with Crippen molar-refractivity contribution < 1.29 is 0 Å². The highest BCUT2D eigenvalue weighted by Gasteiger charge is 2.13. The van der Waals surface area contributed by atoms with Crippen LogP contribution in [0.5, 0.6) is 0 Å². The molecule has 0 radical (unpaired) electrons. The third-order valence-corrected chi connectivity index (χ3v) is 1.43. The second-order valence-corrected chi connectivity index (χ2v) is 2.78. The second kappa shape index (κ2) is 2.49. The fourth-order valence-corrected chi connectivity index (χ4v) is 1.29. The van der Waals surface area contributed by atoms with Crippen LogP contribution in [0.15, 0.2) is 0 Å². The van der Waals surface area contributed by atoms with Crippen LogP contribution in [-0.4, -0.2) is 29.8 Å². The Morgan fingerprint density at radius 3 is 2.89 bits per heavy atom. The summed E-state index contributed by atoms with van der Waals surface area (Å²) in [5.74, 6) is 0. The smallest absolute Gasteiger partial charge is 0.181 e. The highest BCUT2D eigenvalue weighted by molar-refractivity contribution is 7.80. The van der Waals surface area contributed by atoms with Gasteiger partial charge in [-0.1, -0.05) is 0 Å². The minimum atomic E-state index is 0.462. The minimum Gasteiger partial charge on any atom is -0.358 e. The maximum absolute atomic E-state index is 4.90. The van der Waals surface area contributed by atoms with Crippen molar-refractivity contribution in [2.45, 2.75) is 13.0 Å². The predicted octanol–water partition coefficient (Wildman–Crippen LogP) is -0.301. The maximum Gasteiger partial charge on any atom is 0.181 e. The van der Waals surface area contributed by atoms with E-state index in [1.54, 1.807) is 0 Å². The molecule has 1 saturated heterocycles. The molecule has 0 aromatic carbocycles. The van der Waals surface area contributed by atoms with Crippen LogP contribution in [0, 0.1) is 0 Å². The third kappa shape index (κ3) is 1.80. The summed E-state index contributed by atoms with van der Waals surface area (Å²) in [7, 11) is 1.98. The molecule has 1 rings (SSSR count). The van der Waals surface area contributed by atoms with E-state index in [0.717, 1.165) is 11.7 Å². The third-order valence-electron chi connectivity index (χ3n) is 1.22. The van der Waals surface area contributed by atoms with E-state index in [1.807, 2.05) is 12.1 Å². The minimum absolute atomic E-state index is 0.462. The molecule has 1 aliphatic heterocycles. The largest absolute Gasteiger partial charge is 0.358 e. The SMILES string of the molecule is CC1CN(C)NC(=S)N1. The number of thiocarbonyl (C=S) groups is 1. The van der Waals surface area contributed by atoms with Crippen molar-refractivity contribution in [3.05, 3.63) is 0 Å². The Hall–Kier alpha value is -0.350. The molecule has 1 heterocycles. The molecule has 4 heteroatoms. The predicted molar refractivity (Wildman–Crippen MR) is 41.0 cm³/mol. The normalized spacial score (nSPS) is 29.1. The van der Waals surface area contributed by atoms with Crippen LogP contribution in [0.1, 0.15) is 6.92 Å². The van der Waals surface area contributed by atoms with Crippen LogP contribution in [0.2, 0.25) is 0 Å². The molecule has 0 aliphatic carbocycles. The molecule has 52 valence electrons. The van der Waals surface area contributed by atoms with Crippen molar-refractivity contribution in [3.8, 4) is 0 Å². The molecule has 0 spiro atoms. The van der Waals surface area contributed by atoms with E-state index >= 15 is 0 Å². The summed E-state index contributed by atoms with van der Waals surface area (Å²) in [6.07, 6.45) is 0. The molecule has 1 unspecified atom stereocenters. The first-order chi connectivity index (χ1) is 4.18. The summed E-state index contributed by atoms with van der Waals surface area (Å²) >= 11 is 4.90. The molecule has 2 N–H and O–H groups in total. The van der Waals surface area contributed by atoms with Gasteiger partial charge in [-0.15, -0.1) is 0 Å². The van der Waals surface area contributed by atoms with Crippen molar-refractivity contribution in [1.82, 2.24) is 15.8 Å². The number of hydrogen-bond acceptors (Lipinski definition) is 2. The van der Waals surface area contributed by atoms with Gasteiger partial charge in [0.2, 0.25) is 0 Å². The first-order valence-corrected chi connectivity index (χ1v) is 3.37. The molecule has 1 atom stereocenters. The maximum atomic E-state index is 4.90. The number of likely N-dealkylation sites (N-methyl/N-ethyl adjacent to an activating group) is 1. The second-order valence-electron chi connectivity index (χ2n) is 2.37. The average Bonchev–Trinajstić information content (AvgIpc) is 1.59. The summed E-state index contributed by atoms with van der Waals surface area (Å²) in [6, 6.07) is 0.462. The molecule has 3 nitrogen and oxygen atoms in total. The van der Waals surface area contributed by atoms with Crippen LogP contribution in [0.3, 0.4) is 0 Å². The van der Waals surface area contributed by atoms with E-state index in [1.165, 1.54) is 0 Å². The number of nitrogens with zero attached hydrogens (tertiary/aromatic N) is 1. The van der Waals surface area contributed by atoms with Gasteiger partial charge >= 0.3 is 0 Å². The number of rotatable bonds is 0. The van der Waals surface area contributed by atoms with Gasteiger partial charge in [0.25, 0.3) is 0 Å². The number of hydrogen-bond donors (Lipinski definition) is 2. The van der Waals surface area contributed by atoms with Gasteiger partial charge < -0.3 is 5.32 Å². The van der Waals surface area contributed by atoms with Gasteiger partial charge in [-0.3, -0.25) is 5.43 Å². The van der Waals surface area contributed by atoms with E-state index in [2.05, 4.69) is 17.7 Å². The first-order valence-electron chi connectivity index (χ1n) is 2.97. The standard InChI is InChI=1S/C5H11N3S/c1-4-3-8(2)7-5(9)6-4/h4H,3H2,1-2H3,(H2,6,7,9). The quantitative estimate of drug-likeness (QED) is 0.458. The summed E-state index contributed by atoms with van der Waals surface area (Å²) < 4.78 is 0. The van der Waals surface area contributed by atoms with Crippen LogP contribution in [-0.2, 0) is 0 Å². The average molecular weight is 145 g/mol. The van der Waals surface area contributed by atoms with Gasteiger partial charge in [0.05, 0.1) is 0 Å². The van der Waals surface area contributed by atoms with Crippen molar-refractivity contribution in [2.75, 3.05) is 13.6 Å². The zero-order valence-corrected chi connectivity index (χ0v) is 6.46. The van der Waals surface area contributed by atoms with Crippen LogP contribution in [0.25, 0.3) is 0 Å². The number of hydrazine groups is 1. The van der Waals surface area contributed by atoms with E-state index in [-0.39, 0.29) is 0 Å². The lowest BCUT2D eigenvalue weighted by molar-refractivity contribution is 0.243. The van der Waals surface area contributed by atoms with Crippen molar-refractivity contribution in [3.63, 3.8) is 0 Å². The molecule has 1 fully saturated rings. The lowest BCUT2D eigenvalue weighted by Gasteiger charge is -2.30. The highest BCUT2D eigenvalue weighted by atomic mass is 32.1. The van der Waals surface area contributed by atoms with Crippen LogP contribution < -0.4 is 10.7 Å². The topological polar surface area (TPSA) is 27.3 Å². The van der Waals surface area contributed by atoms with E-state index < -0.39 is 0 Å². The molecule has 0 bridgehead atoms. The molecule has 0 aromatic heterocycles. The lowest BCUT2D eigenvalue weighted by Crippen LogP contribution is -2.57. The van der Waals surface area contributed by atoms with Gasteiger partial charge in [-0.25, -0.2) is 5.01 Å². The molecular formula is C5H11N3S. The van der Waals surface area contributed by atoms with Crippen molar-refractivity contribution in [2.24, 2.45) is 0 Å². The fraction of sp³-hybridized carbons (Fsp3) is 0.800. The number of nitrogens with one attached hydrogen (secondary N) is 2. The van der Waals surface area contributed by atoms with E-state index in [4.69, 9.17) is 12.2 Å². The Balaban J connectivity index is 2.43. The summed E-state index contributed by atoms with van der Waals surface area (Å²) in [4.78, 5) is 0. The summed E-state index contributed by atoms with van der Waals surface area (Å²) in [6.45, 7) is 3.09. The fourth-order valence-electron chi connectivity index (χ4n) is 0.931. The van der Waals surface area contributed by atoms with Crippen molar-refractivity contribution in [1.29, 1.82) is 0 Å². The van der Waals surface area contributed by atoms with Crippen molar-refractivity contribution >= 4 is 17.3 Å². The van der Waals surface area contributed by atoms with Gasteiger partial charge in [-0.2, -0.15) is 0 Å². The summed E-state index contributed by atoms with van der Waals surface area (Å²) in [5, 5.41) is 5.78. The van der Waals surface area contributed by atoms with Gasteiger partial charge in [0.1, 0.15) is 0 Å². The van der Waals surface area contributed by atoms with Crippen LogP contribution in [0.4, 0.5) is 0 Å². The zero-order valence-electron chi connectivity index (χ0n) is 5.64. The Labute approximate surface area is 60.4 Å². The molecule has 0 saturated carbocycles. The molecule has 9 heavy (non-hydrogen) atoms. The Bertz CT molecular complexity index is 113. The van der Waals surface area contributed by atoms with Gasteiger partial charge in [0.15, 0.2) is 5.11 Å². The Morgan fingerprint density at radius 2 is 2.44 bits per heavy atom. The Kier molecular flexibility index (Phi) is 1.87. The first kappa shape index (κ1) is 6.77. The van der Waals surface area contributed by atoms with E-state index in [9.17, 15) is 0 Å².